The van der Waals surface area contributed by atoms with Crippen molar-refractivity contribution in [3.8, 4) is 0 Å². The first kappa shape index (κ1) is 22.0. The molecule has 0 radical (unpaired) electrons. The van der Waals surface area contributed by atoms with Gasteiger partial charge in [-0.25, -0.2) is 19.1 Å². The van der Waals surface area contributed by atoms with Crippen LogP contribution in [0.1, 0.15) is 49.9 Å². The highest BCUT2D eigenvalue weighted by Gasteiger charge is 2.29. The highest BCUT2D eigenvalue weighted by molar-refractivity contribution is 7.18. The summed E-state index contributed by atoms with van der Waals surface area (Å²) in [6.45, 7) is 3.01. The van der Waals surface area contributed by atoms with E-state index < -0.39 is 23.5 Å². The third-order valence-electron chi connectivity index (χ3n) is 4.35. The van der Waals surface area contributed by atoms with Gasteiger partial charge in [-0.3, -0.25) is 4.79 Å². The molecule has 0 bridgehead atoms. The lowest BCUT2D eigenvalue weighted by atomic mass is 10.1. The fourth-order valence-electron chi connectivity index (χ4n) is 3.07. The van der Waals surface area contributed by atoms with Crippen molar-refractivity contribution in [2.45, 2.75) is 20.4 Å². The minimum Gasteiger partial charge on any atom is -0.476 e. The summed E-state index contributed by atoms with van der Waals surface area (Å²) in [6, 6.07) is 6.14. The highest BCUT2D eigenvalue weighted by Crippen LogP contribution is 2.33. The number of rotatable bonds is 7. The molecule has 2 aromatic heterocycles. The van der Waals surface area contributed by atoms with Crippen LogP contribution in [0.5, 0.6) is 0 Å². The number of nitrogen functional groups attached to an aromatic ring is 1. The molecular formula is C20H19N3O7S. The Morgan fingerprint density at radius 2 is 1.71 bits per heavy atom. The van der Waals surface area contributed by atoms with Gasteiger partial charge < -0.3 is 20.3 Å². The first-order valence-electron chi connectivity index (χ1n) is 9.28. The van der Waals surface area contributed by atoms with Crippen molar-refractivity contribution >= 4 is 45.0 Å². The van der Waals surface area contributed by atoms with E-state index in [4.69, 9.17) is 15.2 Å². The van der Waals surface area contributed by atoms with Gasteiger partial charge in [-0.05, 0) is 19.9 Å². The predicted molar refractivity (Wildman–Crippen MR) is 113 cm³/mol. The molecule has 3 rings (SSSR count). The second-order valence-electron chi connectivity index (χ2n) is 6.25. The van der Waals surface area contributed by atoms with Gasteiger partial charge in [0.25, 0.3) is 5.56 Å². The molecule has 3 N–H and O–H groups in total. The number of benzene rings is 1. The summed E-state index contributed by atoms with van der Waals surface area (Å²) in [5, 5.41) is 13.8. The third-order valence-corrected chi connectivity index (χ3v) is 5.39. The molecule has 0 fully saturated rings. The zero-order valence-electron chi connectivity index (χ0n) is 16.7. The van der Waals surface area contributed by atoms with Crippen LogP contribution < -0.4 is 11.3 Å². The van der Waals surface area contributed by atoms with E-state index in [1.165, 1.54) is 12.1 Å². The Hall–Kier alpha value is -3.73. The van der Waals surface area contributed by atoms with Gasteiger partial charge in [-0.2, -0.15) is 5.10 Å². The maximum absolute atomic E-state index is 13.0. The van der Waals surface area contributed by atoms with Crippen molar-refractivity contribution in [2.75, 3.05) is 18.9 Å². The Kier molecular flexibility index (Phi) is 6.35. The molecule has 0 aliphatic heterocycles. The van der Waals surface area contributed by atoms with Crippen LogP contribution in [0.25, 0.3) is 10.8 Å². The molecule has 0 amide bonds. The fourth-order valence-corrected chi connectivity index (χ4v) is 4.03. The number of esters is 2. The molecule has 2 heterocycles. The molecule has 0 spiro atoms. The second-order valence-corrected chi connectivity index (χ2v) is 7.30. The van der Waals surface area contributed by atoms with Crippen LogP contribution in [0.15, 0.2) is 29.1 Å². The summed E-state index contributed by atoms with van der Waals surface area (Å²) in [4.78, 5) is 49.6. The number of anilines is 1. The standard InChI is InChI=1S/C20H19N3O7S/c1-3-29-19(27)13-12(15(31-16(13)21)20(28)30-4-2)9-23-17(24)11-8-6-5-7-10(11)14(22-23)18(25)26/h5-8H,3-4,9,21H2,1-2H3,(H,25,26). The van der Waals surface area contributed by atoms with E-state index in [-0.39, 0.29) is 57.2 Å². The number of carbonyl (C=O) groups is 3. The largest absolute Gasteiger partial charge is 0.476 e. The molecule has 1 aromatic carbocycles. The lowest BCUT2D eigenvalue weighted by Crippen LogP contribution is -2.27. The minimum absolute atomic E-state index is 0.0149. The van der Waals surface area contributed by atoms with Gasteiger partial charge in [0.05, 0.1) is 30.7 Å². The first-order valence-corrected chi connectivity index (χ1v) is 10.1. The van der Waals surface area contributed by atoms with Crippen LogP contribution >= 0.6 is 11.3 Å². The summed E-state index contributed by atoms with van der Waals surface area (Å²) in [5.74, 6) is -2.82. The van der Waals surface area contributed by atoms with Crippen LogP contribution in [0.2, 0.25) is 0 Å². The van der Waals surface area contributed by atoms with Crippen molar-refractivity contribution in [3.05, 3.63) is 56.3 Å². The quantitative estimate of drug-likeness (QED) is 0.521. The maximum atomic E-state index is 13.0. The molecular weight excluding hydrogens is 426 g/mol. The average Bonchev–Trinajstić information content (AvgIpc) is 3.06. The monoisotopic (exact) mass is 445 g/mol. The molecule has 162 valence electrons. The lowest BCUT2D eigenvalue weighted by Gasteiger charge is -2.11. The Labute approximate surface area is 179 Å². The van der Waals surface area contributed by atoms with Gasteiger partial charge in [0.2, 0.25) is 0 Å². The molecule has 0 aliphatic rings. The van der Waals surface area contributed by atoms with Crippen molar-refractivity contribution < 1.29 is 29.0 Å². The Morgan fingerprint density at radius 1 is 1.10 bits per heavy atom. The molecule has 31 heavy (non-hydrogen) atoms. The van der Waals surface area contributed by atoms with E-state index in [0.717, 1.165) is 16.0 Å². The number of nitrogens with two attached hydrogens (primary N) is 1. The van der Waals surface area contributed by atoms with Gasteiger partial charge in [0, 0.05) is 10.9 Å². The van der Waals surface area contributed by atoms with Gasteiger partial charge >= 0.3 is 17.9 Å². The minimum atomic E-state index is -1.33. The zero-order chi connectivity index (χ0) is 22.7. The Bertz CT molecular complexity index is 1250. The summed E-state index contributed by atoms with van der Waals surface area (Å²) in [6.07, 6.45) is 0. The molecule has 3 aromatic rings. The molecule has 10 nitrogen and oxygen atoms in total. The number of ether oxygens (including phenoxy) is 2. The lowest BCUT2D eigenvalue weighted by molar-refractivity contribution is 0.0525. The molecule has 0 unspecified atom stereocenters. The smallest absolute Gasteiger partial charge is 0.357 e. The molecule has 0 saturated heterocycles. The van der Waals surface area contributed by atoms with Crippen LogP contribution in [-0.4, -0.2) is 46.0 Å². The van der Waals surface area contributed by atoms with Crippen molar-refractivity contribution in [3.63, 3.8) is 0 Å². The van der Waals surface area contributed by atoms with Crippen LogP contribution in [0, 0.1) is 0 Å². The van der Waals surface area contributed by atoms with E-state index in [1.807, 2.05) is 0 Å². The summed E-state index contributed by atoms with van der Waals surface area (Å²) >= 11 is 0.825. The molecule has 0 saturated carbocycles. The van der Waals surface area contributed by atoms with E-state index in [2.05, 4.69) is 5.10 Å². The topological polar surface area (TPSA) is 151 Å². The number of thiophene rings is 1. The highest BCUT2D eigenvalue weighted by atomic mass is 32.1. The van der Waals surface area contributed by atoms with Crippen LogP contribution in [0.3, 0.4) is 0 Å². The van der Waals surface area contributed by atoms with Crippen LogP contribution in [0.4, 0.5) is 5.00 Å². The van der Waals surface area contributed by atoms with Gasteiger partial charge in [0.1, 0.15) is 9.88 Å². The maximum Gasteiger partial charge on any atom is 0.357 e. The summed E-state index contributed by atoms with van der Waals surface area (Å²) < 4.78 is 11.0. The molecule has 0 atom stereocenters. The SMILES string of the molecule is CCOC(=O)c1sc(N)c(C(=O)OCC)c1Cn1nc(C(=O)O)c2ccccc2c1=O. The van der Waals surface area contributed by atoms with Gasteiger partial charge in [-0.15, -0.1) is 11.3 Å². The number of nitrogens with zero attached hydrogens (tertiary/aromatic N) is 2. The first-order chi connectivity index (χ1) is 14.8. The third kappa shape index (κ3) is 4.12. The predicted octanol–water partition coefficient (Wildman–Crippen LogP) is 2.14. The molecule has 11 heteroatoms. The average molecular weight is 445 g/mol. The van der Waals surface area contributed by atoms with E-state index in [9.17, 15) is 24.3 Å². The summed E-state index contributed by atoms with van der Waals surface area (Å²) in [5.41, 5.74) is 5.06. The van der Waals surface area contributed by atoms with E-state index >= 15 is 0 Å². The number of hydrogen-bond donors (Lipinski definition) is 2. The number of aromatic carboxylic acids is 1. The van der Waals surface area contributed by atoms with Crippen LogP contribution in [-0.2, 0) is 16.0 Å². The Morgan fingerprint density at radius 3 is 2.32 bits per heavy atom. The number of carbonyl (C=O) groups excluding carboxylic acids is 2. The normalized spacial score (nSPS) is 10.8. The van der Waals surface area contributed by atoms with E-state index in [0.29, 0.717) is 0 Å². The number of carboxylic acid groups (broad SMARTS) is 1. The number of aromatic nitrogens is 2. The van der Waals surface area contributed by atoms with Crippen molar-refractivity contribution in [1.29, 1.82) is 0 Å². The molecule has 0 aliphatic carbocycles. The number of fused-ring (bicyclic) bond motifs is 1. The fraction of sp³-hybridized carbons (Fsp3) is 0.250. The second kappa shape index (κ2) is 8.96. The zero-order valence-corrected chi connectivity index (χ0v) is 17.5. The van der Waals surface area contributed by atoms with Crippen molar-refractivity contribution in [2.24, 2.45) is 0 Å². The van der Waals surface area contributed by atoms with E-state index in [1.54, 1.807) is 26.0 Å². The van der Waals surface area contributed by atoms with Gasteiger partial charge in [-0.1, -0.05) is 18.2 Å². The number of hydrogen-bond acceptors (Lipinski definition) is 9. The summed E-state index contributed by atoms with van der Waals surface area (Å²) in [7, 11) is 0. The number of carboxylic acids is 1. The van der Waals surface area contributed by atoms with Gasteiger partial charge in [0.15, 0.2) is 5.69 Å². The van der Waals surface area contributed by atoms with Crippen molar-refractivity contribution in [1.82, 2.24) is 9.78 Å². The Balaban J connectivity index is 2.24.